The number of nitrogens with one attached hydrogen (secondary N) is 4. The Morgan fingerprint density at radius 3 is 1.00 bits per heavy atom. The molecular formula is C46H90N8O6S2. The van der Waals surface area contributed by atoms with Crippen LogP contribution >= 0.6 is 21.6 Å². The number of hydrogen-bond acceptors (Lipinski definition) is 10. The first-order valence-electron chi connectivity index (χ1n) is 24.4. The first-order chi connectivity index (χ1) is 29.9. The monoisotopic (exact) mass is 915 g/mol. The molecule has 62 heavy (non-hydrogen) atoms. The fourth-order valence-corrected chi connectivity index (χ4v) is 9.31. The zero-order valence-electron chi connectivity index (χ0n) is 38.9. The lowest BCUT2D eigenvalue weighted by atomic mass is 10.1. The average molecular weight is 915 g/mol. The molecule has 0 aromatic rings. The van der Waals surface area contributed by atoms with Gasteiger partial charge in [-0.25, -0.2) is 0 Å². The number of carbonyl (C=O) groups is 6. The highest BCUT2D eigenvalue weighted by Crippen LogP contribution is 2.23. The van der Waals surface area contributed by atoms with Gasteiger partial charge in [0.25, 0.3) is 0 Å². The van der Waals surface area contributed by atoms with Gasteiger partial charge in [0.15, 0.2) is 0 Å². The molecule has 14 nitrogen and oxygen atoms in total. The van der Waals surface area contributed by atoms with Crippen LogP contribution in [0.1, 0.15) is 206 Å². The molecule has 16 heteroatoms. The summed E-state index contributed by atoms with van der Waals surface area (Å²) in [6, 6.07) is -3.68. The summed E-state index contributed by atoms with van der Waals surface area (Å²) >= 11 is 0. The van der Waals surface area contributed by atoms with E-state index in [0.29, 0.717) is 64.5 Å². The van der Waals surface area contributed by atoms with E-state index in [4.69, 9.17) is 22.9 Å². The van der Waals surface area contributed by atoms with Gasteiger partial charge >= 0.3 is 0 Å². The summed E-state index contributed by atoms with van der Waals surface area (Å²) in [7, 11) is 2.39. The van der Waals surface area contributed by atoms with Crippen molar-refractivity contribution >= 4 is 57.0 Å². The molecule has 0 bridgehead atoms. The Kier molecular flexibility index (Phi) is 40.6. The van der Waals surface area contributed by atoms with Crippen LogP contribution in [0.4, 0.5) is 0 Å². The molecule has 362 valence electrons. The lowest BCUT2D eigenvalue weighted by Crippen LogP contribution is -2.52. The molecule has 0 unspecified atom stereocenters. The second-order valence-corrected chi connectivity index (χ2v) is 19.5. The molecule has 0 aromatic carbocycles. The van der Waals surface area contributed by atoms with Crippen molar-refractivity contribution in [2.75, 3.05) is 24.6 Å². The van der Waals surface area contributed by atoms with E-state index in [2.05, 4.69) is 35.1 Å². The molecule has 6 amide bonds. The highest BCUT2D eigenvalue weighted by molar-refractivity contribution is 8.76. The van der Waals surface area contributed by atoms with Gasteiger partial charge < -0.3 is 44.2 Å². The molecule has 0 aliphatic rings. The van der Waals surface area contributed by atoms with Crippen LogP contribution in [-0.2, 0) is 28.8 Å². The minimum Gasteiger partial charge on any atom is -0.368 e. The van der Waals surface area contributed by atoms with E-state index < -0.39 is 47.8 Å². The molecule has 12 N–H and O–H groups in total. The summed E-state index contributed by atoms with van der Waals surface area (Å²) in [5, 5.41) is 11.1. The predicted molar refractivity (Wildman–Crippen MR) is 259 cm³/mol. The minimum absolute atomic E-state index is 0.0464. The molecule has 0 aliphatic carbocycles. The van der Waals surface area contributed by atoms with Crippen molar-refractivity contribution in [2.24, 2.45) is 22.9 Å². The van der Waals surface area contributed by atoms with Crippen molar-refractivity contribution in [1.82, 2.24) is 21.3 Å². The smallest absolute Gasteiger partial charge is 0.240 e. The van der Waals surface area contributed by atoms with Gasteiger partial charge in [0, 0.05) is 37.4 Å². The van der Waals surface area contributed by atoms with Gasteiger partial charge in [-0.05, 0) is 51.4 Å². The van der Waals surface area contributed by atoms with E-state index in [1.807, 2.05) is 0 Å². The number of hydrogen-bond donors (Lipinski definition) is 8. The zero-order chi connectivity index (χ0) is 46.1. The summed E-state index contributed by atoms with van der Waals surface area (Å²) in [4.78, 5) is 73.9. The quantitative estimate of drug-likeness (QED) is 0.0231. The number of rotatable bonds is 45. The molecule has 0 rings (SSSR count). The van der Waals surface area contributed by atoms with Gasteiger partial charge in [0.05, 0.1) is 12.1 Å². The van der Waals surface area contributed by atoms with Crippen LogP contribution in [0.2, 0.25) is 0 Å². The molecule has 0 saturated carbocycles. The zero-order valence-corrected chi connectivity index (χ0v) is 40.6. The third kappa shape index (κ3) is 36.9. The van der Waals surface area contributed by atoms with Crippen LogP contribution in [0, 0.1) is 0 Å². The molecule has 0 aliphatic heterocycles. The molecule has 4 atom stereocenters. The lowest BCUT2D eigenvalue weighted by Gasteiger charge is -2.20. The van der Waals surface area contributed by atoms with Crippen LogP contribution < -0.4 is 44.2 Å². The Hall–Kier alpha value is -2.56. The Morgan fingerprint density at radius 1 is 0.419 bits per heavy atom. The summed E-state index contributed by atoms with van der Waals surface area (Å²) in [6.45, 7) is 5.51. The normalized spacial score (nSPS) is 13.2. The average Bonchev–Trinajstić information content (AvgIpc) is 3.24. The number of amides is 6. The summed E-state index contributed by atoms with van der Waals surface area (Å²) < 4.78 is 0. The molecular weight excluding hydrogens is 825 g/mol. The maximum Gasteiger partial charge on any atom is 0.240 e. The third-order valence-corrected chi connectivity index (χ3v) is 13.5. The van der Waals surface area contributed by atoms with Crippen molar-refractivity contribution in [3.05, 3.63) is 0 Å². The molecule has 0 saturated heterocycles. The van der Waals surface area contributed by atoms with Gasteiger partial charge in [-0.3, -0.25) is 28.8 Å². The van der Waals surface area contributed by atoms with Crippen LogP contribution in [0.25, 0.3) is 0 Å². The van der Waals surface area contributed by atoms with Crippen molar-refractivity contribution in [3.8, 4) is 0 Å². The van der Waals surface area contributed by atoms with Gasteiger partial charge in [-0.15, -0.1) is 0 Å². The highest BCUT2D eigenvalue weighted by Gasteiger charge is 2.24. The molecule has 0 radical (unpaired) electrons. The topological polar surface area (TPSA) is 255 Å². The highest BCUT2D eigenvalue weighted by atomic mass is 33.1. The van der Waals surface area contributed by atoms with E-state index in [1.165, 1.54) is 137 Å². The minimum atomic E-state index is -0.995. The Labute approximate surface area is 383 Å². The summed E-state index contributed by atoms with van der Waals surface area (Å²) in [6.07, 6.45) is 31.7. The van der Waals surface area contributed by atoms with Gasteiger partial charge in [-0.2, -0.15) is 0 Å². The van der Waals surface area contributed by atoms with Crippen LogP contribution in [0.3, 0.4) is 0 Å². The number of primary amides is 2. The number of unbranched alkanes of at least 4 members (excludes halogenated alkanes) is 22. The first-order valence-corrected chi connectivity index (χ1v) is 26.9. The molecule has 0 aromatic heterocycles. The SMILES string of the molecule is CCCCCCCCCCCCCC(=O)NCCCC[C@H](N)C(=O)N[C@@H](CSSC[C@H](NC(=O)[C@@H](N)CCCCNC(=O)CCCCCCCCCCCCC)C(N)=O)C(N)=O. The van der Waals surface area contributed by atoms with Crippen molar-refractivity contribution in [1.29, 1.82) is 0 Å². The Bertz CT molecular complexity index is 1100. The van der Waals surface area contributed by atoms with Crippen molar-refractivity contribution in [2.45, 2.75) is 231 Å². The lowest BCUT2D eigenvalue weighted by molar-refractivity contribution is -0.127. The van der Waals surface area contributed by atoms with E-state index in [0.717, 1.165) is 25.7 Å². The van der Waals surface area contributed by atoms with Gasteiger partial charge in [-0.1, -0.05) is 164 Å². The number of nitrogens with two attached hydrogens (primary N) is 4. The van der Waals surface area contributed by atoms with Crippen molar-refractivity contribution in [3.63, 3.8) is 0 Å². The fraction of sp³-hybridized carbons (Fsp3) is 0.870. The Balaban J connectivity index is 4.13. The van der Waals surface area contributed by atoms with E-state index >= 15 is 0 Å². The van der Waals surface area contributed by atoms with Gasteiger partial charge in [0.2, 0.25) is 35.4 Å². The molecule has 0 heterocycles. The summed E-state index contributed by atoms with van der Waals surface area (Å²) in [5.41, 5.74) is 23.2. The van der Waals surface area contributed by atoms with Crippen LogP contribution in [-0.4, -0.2) is 84.2 Å². The first kappa shape index (κ1) is 59.4. The van der Waals surface area contributed by atoms with E-state index in [1.54, 1.807) is 0 Å². The standard InChI is InChI=1S/C46H90N8O6S2/c1-3-5-7-9-11-13-15-17-19-21-23-31-41(55)51-33-27-25-29-37(47)45(59)53-39(43(49)57)35-61-62-36-40(44(50)58)54-46(60)38(48)30-26-28-34-52-42(56)32-24-22-20-18-16-14-12-10-8-6-4-2/h37-40H,3-36,47-48H2,1-2H3,(H2,49,57)(H2,50,58)(H,51,55)(H,52,56)(H,53,59)(H,54,60)/t37-,38-,39-,40-/m0/s1. The van der Waals surface area contributed by atoms with Gasteiger partial charge in [0.1, 0.15) is 12.1 Å². The third-order valence-electron chi connectivity index (χ3n) is 11.1. The molecule has 0 fully saturated rings. The predicted octanol–water partition coefficient (Wildman–Crippen LogP) is 6.94. The van der Waals surface area contributed by atoms with E-state index in [-0.39, 0.29) is 23.3 Å². The maximum absolute atomic E-state index is 12.7. The summed E-state index contributed by atoms with van der Waals surface area (Å²) in [5.74, 6) is -2.15. The second-order valence-electron chi connectivity index (χ2n) is 17.0. The fourth-order valence-electron chi connectivity index (χ4n) is 6.95. The van der Waals surface area contributed by atoms with Crippen molar-refractivity contribution < 1.29 is 28.8 Å². The Morgan fingerprint density at radius 2 is 0.710 bits per heavy atom. The maximum atomic E-state index is 12.7. The van der Waals surface area contributed by atoms with Crippen LogP contribution in [0.15, 0.2) is 0 Å². The van der Waals surface area contributed by atoms with Crippen LogP contribution in [0.5, 0.6) is 0 Å². The largest absolute Gasteiger partial charge is 0.368 e. The number of carbonyl (C=O) groups excluding carboxylic acids is 6. The second kappa shape index (κ2) is 42.4. The van der Waals surface area contributed by atoms with E-state index in [9.17, 15) is 28.8 Å². The molecule has 0 spiro atoms.